The average molecular weight is 393 g/mol. The number of rotatable bonds is 4. The van der Waals surface area contributed by atoms with Crippen LogP contribution in [0.2, 0.25) is 0 Å². The van der Waals surface area contributed by atoms with E-state index in [4.69, 9.17) is 4.52 Å². The van der Waals surface area contributed by atoms with Gasteiger partial charge in [-0.25, -0.2) is 8.42 Å². The molecule has 0 radical (unpaired) electrons. The van der Waals surface area contributed by atoms with Crippen LogP contribution in [0.1, 0.15) is 18.4 Å². The van der Waals surface area contributed by atoms with Gasteiger partial charge in [-0.3, -0.25) is 4.79 Å². The number of halogens is 1. The lowest BCUT2D eigenvalue weighted by molar-refractivity contribution is -0.138. The second-order valence-corrected chi connectivity index (χ2v) is 8.46. The van der Waals surface area contributed by atoms with E-state index >= 15 is 0 Å². The fourth-order valence-electron chi connectivity index (χ4n) is 3.28. The molecule has 3 rings (SSSR count). The first-order valence-electron chi connectivity index (χ1n) is 8.25. The van der Waals surface area contributed by atoms with Crippen LogP contribution in [-0.4, -0.2) is 68.0 Å². The van der Waals surface area contributed by atoms with Gasteiger partial charge in [-0.15, -0.1) is 12.4 Å². The molecule has 2 fully saturated rings. The third kappa shape index (κ3) is 3.69. The Morgan fingerprint density at radius 2 is 1.84 bits per heavy atom. The molecule has 10 heteroatoms. The number of hydrogen-bond donors (Lipinski definition) is 1. The van der Waals surface area contributed by atoms with Crippen molar-refractivity contribution in [2.45, 2.75) is 25.7 Å². The Balaban J connectivity index is 0.00000225. The standard InChI is InChI=1S/C15H24N4O4S.ClH/c1-10(13-8-16-9-13)15(20)18-4-6-19(7-5-18)24(21,22)14-11(2)17-23-12(14)3;/h10,13,16H,4-9H2,1-3H3;1H. The van der Waals surface area contributed by atoms with Crippen molar-refractivity contribution in [3.8, 4) is 0 Å². The van der Waals surface area contributed by atoms with E-state index in [-0.39, 0.29) is 29.1 Å². The molecule has 1 N–H and O–H groups in total. The second-order valence-electron chi connectivity index (χ2n) is 6.59. The molecule has 0 aliphatic carbocycles. The van der Waals surface area contributed by atoms with E-state index in [0.29, 0.717) is 43.6 Å². The molecule has 0 aromatic carbocycles. The Labute approximate surface area is 154 Å². The van der Waals surface area contributed by atoms with Crippen molar-refractivity contribution in [3.05, 3.63) is 11.5 Å². The van der Waals surface area contributed by atoms with Gasteiger partial charge in [-0.1, -0.05) is 12.1 Å². The molecule has 1 atom stereocenters. The number of nitrogens with one attached hydrogen (secondary N) is 1. The van der Waals surface area contributed by atoms with Crippen molar-refractivity contribution in [1.82, 2.24) is 19.7 Å². The lowest BCUT2D eigenvalue weighted by Crippen LogP contribution is -2.55. The molecule has 1 amide bonds. The lowest BCUT2D eigenvalue weighted by atomic mass is 9.88. The van der Waals surface area contributed by atoms with Crippen LogP contribution in [0.15, 0.2) is 9.42 Å². The van der Waals surface area contributed by atoms with Gasteiger partial charge in [0.15, 0.2) is 5.76 Å². The molecule has 1 aromatic rings. The fraction of sp³-hybridized carbons (Fsp3) is 0.733. The summed E-state index contributed by atoms with van der Waals surface area (Å²) in [6, 6.07) is 0. The van der Waals surface area contributed by atoms with Crippen LogP contribution < -0.4 is 5.32 Å². The van der Waals surface area contributed by atoms with Gasteiger partial charge in [0.2, 0.25) is 15.9 Å². The summed E-state index contributed by atoms with van der Waals surface area (Å²) in [5, 5.41) is 6.91. The van der Waals surface area contributed by atoms with Crippen LogP contribution in [0.5, 0.6) is 0 Å². The summed E-state index contributed by atoms with van der Waals surface area (Å²) in [7, 11) is -3.63. The normalized spacial score (nSPS) is 20.7. The quantitative estimate of drug-likeness (QED) is 0.796. The van der Waals surface area contributed by atoms with E-state index in [0.717, 1.165) is 13.1 Å². The van der Waals surface area contributed by atoms with Crippen molar-refractivity contribution < 1.29 is 17.7 Å². The summed E-state index contributed by atoms with van der Waals surface area (Å²) in [5.41, 5.74) is 0.372. The van der Waals surface area contributed by atoms with Crippen LogP contribution in [0.3, 0.4) is 0 Å². The highest BCUT2D eigenvalue weighted by Crippen LogP contribution is 2.25. The van der Waals surface area contributed by atoms with Crippen molar-refractivity contribution in [3.63, 3.8) is 0 Å². The highest BCUT2D eigenvalue weighted by Gasteiger charge is 2.37. The topological polar surface area (TPSA) is 95.8 Å². The summed E-state index contributed by atoms with van der Waals surface area (Å²) in [6.45, 7) is 8.39. The van der Waals surface area contributed by atoms with E-state index < -0.39 is 10.0 Å². The fourth-order valence-corrected chi connectivity index (χ4v) is 4.99. The summed E-state index contributed by atoms with van der Waals surface area (Å²) < 4.78 is 32.0. The van der Waals surface area contributed by atoms with Crippen LogP contribution in [0.25, 0.3) is 0 Å². The number of sulfonamides is 1. The third-order valence-electron chi connectivity index (χ3n) is 5.03. The first kappa shape index (κ1) is 20.2. The van der Waals surface area contributed by atoms with Gasteiger partial charge in [-0.2, -0.15) is 4.31 Å². The smallest absolute Gasteiger partial charge is 0.248 e. The van der Waals surface area contributed by atoms with Crippen LogP contribution in [0, 0.1) is 25.7 Å². The number of piperazine rings is 1. The van der Waals surface area contributed by atoms with Crippen LogP contribution in [0.4, 0.5) is 0 Å². The molecule has 1 aromatic heterocycles. The Bertz CT molecular complexity index is 704. The van der Waals surface area contributed by atoms with E-state index in [1.165, 1.54) is 4.31 Å². The first-order chi connectivity index (χ1) is 11.3. The summed E-state index contributed by atoms with van der Waals surface area (Å²) in [6.07, 6.45) is 0. The van der Waals surface area contributed by atoms with Crippen molar-refractivity contribution in [1.29, 1.82) is 0 Å². The Hall–Kier alpha value is -1.16. The maximum Gasteiger partial charge on any atom is 0.248 e. The zero-order chi connectivity index (χ0) is 17.5. The Morgan fingerprint density at radius 1 is 1.24 bits per heavy atom. The van der Waals surface area contributed by atoms with Gasteiger partial charge in [0, 0.05) is 32.1 Å². The molecule has 2 saturated heterocycles. The molecule has 2 aliphatic heterocycles. The predicted octanol–water partition coefficient (Wildman–Crippen LogP) is 0.402. The summed E-state index contributed by atoms with van der Waals surface area (Å²) in [4.78, 5) is 14.5. The maximum atomic E-state index is 12.8. The zero-order valence-corrected chi connectivity index (χ0v) is 16.3. The number of amides is 1. The minimum atomic E-state index is -3.63. The largest absolute Gasteiger partial charge is 0.360 e. The SMILES string of the molecule is Cc1noc(C)c1S(=O)(=O)N1CCN(C(=O)C(C)C2CNC2)CC1.Cl. The third-order valence-corrected chi connectivity index (χ3v) is 7.17. The van der Waals surface area contributed by atoms with Gasteiger partial charge < -0.3 is 14.7 Å². The predicted molar refractivity (Wildman–Crippen MR) is 94.1 cm³/mol. The number of hydrogen-bond acceptors (Lipinski definition) is 6. The lowest BCUT2D eigenvalue weighted by Gasteiger charge is -2.38. The van der Waals surface area contributed by atoms with E-state index in [9.17, 15) is 13.2 Å². The number of carbonyl (C=O) groups excluding carboxylic acids is 1. The number of aryl methyl sites for hydroxylation is 2. The van der Waals surface area contributed by atoms with Crippen LogP contribution >= 0.6 is 12.4 Å². The second kappa shape index (κ2) is 7.61. The minimum absolute atomic E-state index is 0. The number of carbonyl (C=O) groups is 1. The molecule has 0 spiro atoms. The van der Waals surface area contributed by atoms with E-state index in [1.807, 2.05) is 6.92 Å². The van der Waals surface area contributed by atoms with Gasteiger partial charge in [0.05, 0.1) is 0 Å². The molecule has 1 unspecified atom stereocenters. The van der Waals surface area contributed by atoms with Gasteiger partial charge in [0.25, 0.3) is 0 Å². The molecular formula is C15H25ClN4O4S. The van der Waals surface area contributed by atoms with Crippen molar-refractivity contribution in [2.24, 2.45) is 11.8 Å². The molecule has 0 saturated carbocycles. The van der Waals surface area contributed by atoms with E-state index in [1.54, 1.807) is 18.7 Å². The number of nitrogens with zero attached hydrogens (tertiary/aromatic N) is 3. The molecular weight excluding hydrogens is 368 g/mol. The highest BCUT2D eigenvalue weighted by molar-refractivity contribution is 7.89. The summed E-state index contributed by atoms with van der Waals surface area (Å²) >= 11 is 0. The summed E-state index contributed by atoms with van der Waals surface area (Å²) in [5.74, 6) is 0.798. The monoisotopic (exact) mass is 392 g/mol. The van der Waals surface area contributed by atoms with E-state index in [2.05, 4.69) is 10.5 Å². The molecule has 0 bridgehead atoms. The molecule has 2 aliphatic rings. The minimum Gasteiger partial charge on any atom is -0.360 e. The zero-order valence-electron chi connectivity index (χ0n) is 14.7. The van der Waals surface area contributed by atoms with Gasteiger partial charge in [0.1, 0.15) is 10.6 Å². The first-order valence-corrected chi connectivity index (χ1v) is 9.69. The average Bonchev–Trinajstić information content (AvgIpc) is 2.84. The molecule has 3 heterocycles. The van der Waals surface area contributed by atoms with Crippen molar-refractivity contribution in [2.75, 3.05) is 39.3 Å². The van der Waals surface area contributed by atoms with Crippen molar-refractivity contribution >= 4 is 28.3 Å². The number of aromatic nitrogens is 1. The van der Waals surface area contributed by atoms with Crippen LogP contribution in [-0.2, 0) is 14.8 Å². The van der Waals surface area contributed by atoms with Gasteiger partial charge >= 0.3 is 0 Å². The Morgan fingerprint density at radius 3 is 2.28 bits per heavy atom. The molecule has 8 nitrogen and oxygen atoms in total. The molecule has 142 valence electrons. The highest BCUT2D eigenvalue weighted by atomic mass is 35.5. The molecule has 25 heavy (non-hydrogen) atoms. The van der Waals surface area contributed by atoms with Gasteiger partial charge in [-0.05, 0) is 32.9 Å². The Kier molecular flexibility index (Phi) is 6.13. The maximum absolute atomic E-state index is 12.8.